The molecule has 46 heavy (non-hydrogen) atoms. The Morgan fingerprint density at radius 1 is 0.630 bits per heavy atom. The lowest BCUT2D eigenvalue weighted by Crippen LogP contribution is -2.50. The highest BCUT2D eigenvalue weighted by Crippen LogP contribution is 2.33. The van der Waals surface area contributed by atoms with E-state index in [0.717, 1.165) is 57.7 Å². The Bertz CT molecular complexity index is 1620. The average molecular weight is 621 g/mol. The van der Waals surface area contributed by atoms with Gasteiger partial charge in [0, 0.05) is 37.3 Å². The minimum Gasteiger partial charge on any atom is -0.493 e. The number of rotatable bonds is 8. The number of carbonyl (C=O) groups is 1. The van der Waals surface area contributed by atoms with Gasteiger partial charge in [-0.15, -0.1) is 0 Å². The Labute approximate surface area is 269 Å². The van der Waals surface area contributed by atoms with Crippen LogP contribution in [0.15, 0.2) is 84.9 Å². The number of hydrogen-bond donors (Lipinski definition) is 4. The molecule has 0 saturated carbocycles. The lowest BCUT2D eigenvalue weighted by molar-refractivity contribution is -0.0408. The van der Waals surface area contributed by atoms with Gasteiger partial charge in [-0.2, -0.15) is 0 Å². The Hall–Kier alpha value is -4.73. The summed E-state index contributed by atoms with van der Waals surface area (Å²) < 4.78 is 11.4. The smallest absolute Gasteiger partial charge is 0.321 e. The minimum absolute atomic E-state index is 0.211. The topological polar surface area (TPSA) is 135 Å². The fourth-order valence-corrected chi connectivity index (χ4v) is 7.10. The van der Waals surface area contributed by atoms with E-state index < -0.39 is 24.3 Å². The van der Waals surface area contributed by atoms with E-state index in [2.05, 4.69) is 12.1 Å². The van der Waals surface area contributed by atoms with Crippen LogP contribution in [0.3, 0.4) is 0 Å². The summed E-state index contributed by atoms with van der Waals surface area (Å²) in [5.41, 5.74) is 19.3. The predicted molar refractivity (Wildman–Crippen MR) is 176 cm³/mol. The zero-order valence-electron chi connectivity index (χ0n) is 25.7. The maximum Gasteiger partial charge on any atom is 0.321 e. The van der Waals surface area contributed by atoms with Crippen molar-refractivity contribution in [3.8, 4) is 11.5 Å². The highest BCUT2D eigenvalue weighted by molar-refractivity contribution is 5.76. The quantitative estimate of drug-likeness (QED) is 0.218. The molecule has 4 atom stereocenters. The molecule has 6 N–H and O–H groups in total. The third-order valence-corrected chi connectivity index (χ3v) is 9.44. The van der Waals surface area contributed by atoms with Crippen LogP contribution in [0.4, 0.5) is 16.2 Å². The second-order valence-corrected chi connectivity index (χ2v) is 12.6. The zero-order valence-corrected chi connectivity index (χ0v) is 25.7. The number of hydrogen-bond acceptors (Lipinski definition) is 7. The van der Waals surface area contributed by atoms with Gasteiger partial charge in [0.2, 0.25) is 0 Å². The van der Waals surface area contributed by atoms with Crippen LogP contribution in [0.2, 0.25) is 0 Å². The number of aliphatic hydroxyl groups is 2. The molecule has 1 fully saturated rings. The highest BCUT2D eigenvalue weighted by Gasteiger charge is 2.46. The molecule has 0 aromatic heterocycles. The molecule has 238 valence electrons. The summed E-state index contributed by atoms with van der Waals surface area (Å²) >= 11 is 0. The Morgan fingerprint density at radius 2 is 1.09 bits per heavy atom. The SMILES string of the molecule is Nc1cccc(CN2C(=O)N(Cc3cccc(N)c3)[C@H](Cc3ccc4c(c3)CCO4)[C@H](O)[C@@H](O)[C@H]2Cc2ccc3c(c2)CCO3)c1. The van der Waals surface area contributed by atoms with Crippen molar-refractivity contribution in [3.63, 3.8) is 0 Å². The molecule has 0 unspecified atom stereocenters. The summed E-state index contributed by atoms with van der Waals surface area (Å²) in [5.74, 6) is 1.73. The zero-order chi connectivity index (χ0) is 31.8. The number of nitrogens with zero attached hydrogens (tertiary/aromatic N) is 2. The van der Waals surface area contributed by atoms with Crippen LogP contribution in [0.5, 0.6) is 11.5 Å². The summed E-state index contributed by atoms with van der Waals surface area (Å²) in [6.07, 6.45) is -0.130. The van der Waals surface area contributed by atoms with Gasteiger partial charge in [-0.3, -0.25) is 0 Å². The van der Waals surface area contributed by atoms with E-state index in [4.69, 9.17) is 20.9 Å². The molecule has 2 amide bonds. The van der Waals surface area contributed by atoms with Crippen molar-refractivity contribution in [3.05, 3.63) is 118 Å². The third kappa shape index (κ3) is 6.08. The van der Waals surface area contributed by atoms with E-state index in [1.807, 2.05) is 60.7 Å². The molecular weight excluding hydrogens is 580 g/mol. The fraction of sp³-hybridized carbons (Fsp3) is 0.324. The van der Waals surface area contributed by atoms with Crippen LogP contribution < -0.4 is 20.9 Å². The molecule has 0 radical (unpaired) electrons. The lowest BCUT2D eigenvalue weighted by atomic mass is 9.90. The molecule has 0 aliphatic carbocycles. The number of benzene rings is 4. The summed E-state index contributed by atoms with van der Waals surface area (Å²) in [6.45, 7) is 1.70. The van der Waals surface area contributed by atoms with Gasteiger partial charge >= 0.3 is 6.03 Å². The second kappa shape index (κ2) is 12.6. The number of nitrogen functional groups attached to an aromatic ring is 2. The van der Waals surface area contributed by atoms with E-state index in [1.165, 1.54) is 0 Å². The van der Waals surface area contributed by atoms with E-state index in [1.54, 1.807) is 21.9 Å². The Morgan fingerprint density at radius 3 is 1.52 bits per heavy atom. The van der Waals surface area contributed by atoms with E-state index in [0.29, 0.717) is 37.4 Å². The summed E-state index contributed by atoms with van der Waals surface area (Å²) in [7, 11) is 0. The standard InChI is InChI=1S/C37H40N4O5/c38-29-5-1-3-25(17-29)21-40-31(19-23-7-9-33-27(15-23)11-13-45-33)35(42)36(43)32(20-24-8-10-34-28(16-24)12-14-46-34)41(37(40)44)22-26-4-2-6-30(39)18-26/h1-10,15-18,31-32,35-36,42-43H,11-14,19-22,38-39H2/t31-,32-,35+,36+/m1/s1. The number of nitrogens with two attached hydrogens (primary N) is 2. The van der Waals surface area contributed by atoms with Crippen LogP contribution in [0.25, 0.3) is 0 Å². The van der Waals surface area contributed by atoms with Crippen LogP contribution in [0, 0.1) is 0 Å². The number of carbonyl (C=O) groups excluding carboxylic acids is 1. The first-order valence-electron chi connectivity index (χ1n) is 15.9. The van der Waals surface area contributed by atoms with Gasteiger partial charge in [0.1, 0.15) is 23.7 Å². The van der Waals surface area contributed by atoms with E-state index >= 15 is 0 Å². The number of aliphatic hydroxyl groups excluding tert-OH is 2. The van der Waals surface area contributed by atoms with Gasteiger partial charge in [-0.25, -0.2) is 4.79 Å². The van der Waals surface area contributed by atoms with Crippen molar-refractivity contribution in [1.82, 2.24) is 9.80 Å². The summed E-state index contributed by atoms with van der Waals surface area (Å²) in [6, 6.07) is 25.2. The first kappa shape index (κ1) is 30.0. The molecule has 0 bridgehead atoms. The van der Waals surface area contributed by atoms with Gasteiger partial charge in [-0.1, -0.05) is 48.5 Å². The second-order valence-electron chi connectivity index (χ2n) is 12.6. The summed E-state index contributed by atoms with van der Waals surface area (Å²) in [5, 5.41) is 24.1. The maximum atomic E-state index is 14.9. The first-order valence-corrected chi connectivity index (χ1v) is 15.9. The molecule has 4 aromatic carbocycles. The largest absolute Gasteiger partial charge is 0.493 e. The van der Waals surface area contributed by atoms with Crippen molar-refractivity contribution in [2.75, 3.05) is 24.7 Å². The molecule has 1 saturated heterocycles. The minimum atomic E-state index is -1.23. The summed E-state index contributed by atoms with van der Waals surface area (Å²) in [4.78, 5) is 18.3. The first-order chi connectivity index (χ1) is 22.3. The number of anilines is 2. The number of amides is 2. The molecule has 7 rings (SSSR count). The van der Waals surface area contributed by atoms with Crippen LogP contribution in [-0.2, 0) is 38.8 Å². The highest BCUT2D eigenvalue weighted by atomic mass is 16.5. The van der Waals surface area contributed by atoms with Crippen LogP contribution in [0.1, 0.15) is 33.4 Å². The molecule has 3 aliphatic heterocycles. The van der Waals surface area contributed by atoms with E-state index in [-0.39, 0.29) is 19.1 Å². The molecule has 3 heterocycles. The van der Waals surface area contributed by atoms with E-state index in [9.17, 15) is 15.0 Å². The van der Waals surface area contributed by atoms with Crippen molar-refractivity contribution in [2.45, 2.75) is 63.1 Å². The normalized spacial score (nSPS) is 22.2. The fourth-order valence-electron chi connectivity index (χ4n) is 7.10. The van der Waals surface area contributed by atoms with Crippen LogP contribution in [-0.4, -0.2) is 63.5 Å². The molecule has 9 nitrogen and oxygen atoms in total. The molecule has 0 spiro atoms. The van der Waals surface area contributed by atoms with Gasteiger partial charge in [0.15, 0.2) is 0 Å². The Balaban J connectivity index is 1.30. The number of fused-ring (bicyclic) bond motifs is 2. The average Bonchev–Trinajstić information content (AvgIpc) is 3.71. The van der Waals surface area contributed by atoms with Gasteiger partial charge < -0.3 is 41.0 Å². The van der Waals surface area contributed by atoms with Crippen molar-refractivity contribution in [1.29, 1.82) is 0 Å². The molecule has 4 aromatic rings. The number of ether oxygens (including phenoxy) is 2. The maximum absolute atomic E-state index is 14.9. The molecular formula is C37H40N4O5. The van der Waals surface area contributed by atoms with Gasteiger partial charge in [-0.05, 0) is 82.6 Å². The van der Waals surface area contributed by atoms with Crippen molar-refractivity contribution >= 4 is 17.4 Å². The van der Waals surface area contributed by atoms with Crippen LogP contribution >= 0.6 is 0 Å². The van der Waals surface area contributed by atoms with Crippen molar-refractivity contribution in [2.24, 2.45) is 0 Å². The predicted octanol–water partition coefficient (Wildman–Crippen LogP) is 4.10. The monoisotopic (exact) mass is 620 g/mol. The van der Waals surface area contributed by atoms with Crippen molar-refractivity contribution < 1.29 is 24.5 Å². The third-order valence-electron chi connectivity index (χ3n) is 9.44. The lowest BCUT2D eigenvalue weighted by Gasteiger charge is -2.36. The molecule has 9 heteroatoms. The number of urea groups is 1. The van der Waals surface area contributed by atoms with Gasteiger partial charge in [0.05, 0.1) is 25.3 Å². The molecule has 3 aliphatic rings. The van der Waals surface area contributed by atoms with Gasteiger partial charge in [0.25, 0.3) is 0 Å². The Kier molecular flexibility index (Phi) is 8.19.